The van der Waals surface area contributed by atoms with E-state index in [4.69, 9.17) is 14.7 Å². The third kappa shape index (κ3) is 5.77. The van der Waals surface area contributed by atoms with Gasteiger partial charge in [-0.2, -0.15) is 5.26 Å². The number of halogens is 4. The highest BCUT2D eigenvalue weighted by atomic mass is 19.1. The SMILES string of the molecule is CC1(C)COC[C@H]1n1c(Cc2cc(F)c(-c3ccc(F)c(OCc4ccc(C#N)cc4)n3)cc2F)nc2c(F)cc(C(=O)O)cc21. The van der Waals surface area contributed by atoms with Gasteiger partial charge in [0.2, 0.25) is 0 Å². The number of ether oxygens (including phenoxy) is 2. The van der Waals surface area contributed by atoms with E-state index >= 15 is 13.2 Å². The zero-order valence-corrected chi connectivity index (χ0v) is 24.7. The summed E-state index contributed by atoms with van der Waals surface area (Å²) in [6, 6.07) is 14.4. The number of hydrogen-bond donors (Lipinski definition) is 1. The van der Waals surface area contributed by atoms with Crippen LogP contribution in [0.4, 0.5) is 17.6 Å². The number of fused-ring (bicyclic) bond motifs is 1. The fraction of sp³-hybridized carbons (Fsp3) is 0.235. The molecular formula is C34H26F4N4O4. The van der Waals surface area contributed by atoms with Crippen LogP contribution in [0.2, 0.25) is 0 Å². The Morgan fingerprint density at radius 1 is 1.02 bits per heavy atom. The average molecular weight is 631 g/mol. The number of imidazole rings is 1. The van der Waals surface area contributed by atoms with E-state index in [0.717, 1.165) is 24.3 Å². The van der Waals surface area contributed by atoms with Crippen molar-refractivity contribution in [3.8, 4) is 23.2 Å². The molecule has 0 amide bonds. The Kier molecular flexibility index (Phi) is 7.96. The fourth-order valence-electron chi connectivity index (χ4n) is 5.57. The molecule has 0 bridgehead atoms. The van der Waals surface area contributed by atoms with Crippen molar-refractivity contribution in [2.75, 3.05) is 13.2 Å². The molecule has 2 aromatic heterocycles. The molecule has 234 valence electrons. The maximum Gasteiger partial charge on any atom is 0.335 e. The molecule has 1 N–H and O–H groups in total. The van der Waals surface area contributed by atoms with E-state index in [1.165, 1.54) is 12.1 Å². The predicted molar refractivity (Wildman–Crippen MR) is 158 cm³/mol. The van der Waals surface area contributed by atoms with Crippen LogP contribution in [0.25, 0.3) is 22.3 Å². The maximum absolute atomic E-state index is 15.6. The van der Waals surface area contributed by atoms with Crippen LogP contribution in [0.15, 0.2) is 60.7 Å². The summed E-state index contributed by atoms with van der Waals surface area (Å²) in [4.78, 5) is 20.2. The molecule has 46 heavy (non-hydrogen) atoms. The van der Waals surface area contributed by atoms with Gasteiger partial charge in [-0.1, -0.05) is 26.0 Å². The van der Waals surface area contributed by atoms with Crippen LogP contribution < -0.4 is 4.74 Å². The first-order valence-corrected chi connectivity index (χ1v) is 14.2. The third-order valence-electron chi connectivity index (χ3n) is 8.07. The van der Waals surface area contributed by atoms with Gasteiger partial charge in [-0.3, -0.25) is 0 Å². The lowest BCUT2D eigenvalue weighted by atomic mass is 9.87. The quantitative estimate of drug-likeness (QED) is 0.184. The molecule has 3 aromatic carbocycles. The van der Waals surface area contributed by atoms with E-state index in [-0.39, 0.29) is 58.9 Å². The van der Waals surface area contributed by atoms with Crippen LogP contribution in [0, 0.1) is 40.0 Å². The van der Waals surface area contributed by atoms with Crippen molar-refractivity contribution in [3.05, 3.63) is 112 Å². The molecule has 3 heterocycles. The Labute approximate surface area is 260 Å². The van der Waals surface area contributed by atoms with Gasteiger partial charge in [0.25, 0.3) is 5.88 Å². The zero-order valence-electron chi connectivity index (χ0n) is 24.7. The molecule has 12 heteroatoms. The van der Waals surface area contributed by atoms with Gasteiger partial charge in [0, 0.05) is 17.4 Å². The summed E-state index contributed by atoms with van der Waals surface area (Å²) in [7, 11) is 0. The first-order chi connectivity index (χ1) is 21.9. The second kappa shape index (κ2) is 11.9. The fourth-order valence-corrected chi connectivity index (χ4v) is 5.57. The van der Waals surface area contributed by atoms with Gasteiger partial charge >= 0.3 is 5.97 Å². The lowest BCUT2D eigenvalue weighted by Gasteiger charge is -2.28. The van der Waals surface area contributed by atoms with E-state index in [9.17, 15) is 14.3 Å². The number of hydrogen-bond acceptors (Lipinski definition) is 6. The zero-order chi connectivity index (χ0) is 32.7. The smallest absolute Gasteiger partial charge is 0.335 e. The van der Waals surface area contributed by atoms with Crippen LogP contribution in [0.3, 0.4) is 0 Å². The van der Waals surface area contributed by atoms with Gasteiger partial charge in [-0.05, 0) is 59.7 Å². The highest BCUT2D eigenvalue weighted by Gasteiger charge is 2.39. The van der Waals surface area contributed by atoms with E-state index < -0.39 is 46.6 Å². The number of nitrogens with zero attached hydrogens (tertiary/aromatic N) is 4. The van der Waals surface area contributed by atoms with E-state index in [0.29, 0.717) is 17.7 Å². The molecule has 0 radical (unpaired) electrons. The molecular weight excluding hydrogens is 604 g/mol. The first kappa shape index (κ1) is 30.7. The van der Waals surface area contributed by atoms with Gasteiger partial charge in [0.05, 0.1) is 47.7 Å². The van der Waals surface area contributed by atoms with Gasteiger partial charge in [0.15, 0.2) is 11.6 Å². The van der Waals surface area contributed by atoms with Crippen molar-refractivity contribution in [3.63, 3.8) is 0 Å². The van der Waals surface area contributed by atoms with Crippen LogP contribution >= 0.6 is 0 Å². The molecule has 0 unspecified atom stereocenters. The Morgan fingerprint density at radius 3 is 2.46 bits per heavy atom. The Hall–Kier alpha value is -5.28. The second-order valence-corrected chi connectivity index (χ2v) is 11.7. The number of carboxylic acid groups (broad SMARTS) is 1. The van der Waals surface area contributed by atoms with Gasteiger partial charge in [0.1, 0.15) is 29.6 Å². The Morgan fingerprint density at radius 2 is 1.78 bits per heavy atom. The summed E-state index contributed by atoms with van der Waals surface area (Å²) < 4.78 is 73.7. The summed E-state index contributed by atoms with van der Waals surface area (Å²) in [5.41, 5.74) is 0.0754. The van der Waals surface area contributed by atoms with Crippen molar-refractivity contribution < 1.29 is 36.9 Å². The summed E-state index contributed by atoms with van der Waals surface area (Å²) in [5, 5.41) is 18.5. The van der Waals surface area contributed by atoms with Gasteiger partial charge in [-0.25, -0.2) is 32.3 Å². The molecule has 1 saturated heterocycles. The lowest BCUT2D eigenvalue weighted by molar-refractivity contribution is 0.0696. The third-order valence-corrected chi connectivity index (χ3v) is 8.07. The highest BCUT2D eigenvalue weighted by molar-refractivity contribution is 5.93. The van der Waals surface area contributed by atoms with Crippen molar-refractivity contribution in [2.45, 2.75) is 32.9 Å². The van der Waals surface area contributed by atoms with Crippen LogP contribution in [0.5, 0.6) is 5.88 Å². The number of aromatic nitrogens is 3. The molecule has 1 aliphatic rings. The second-order valence-electron chi connectivity index (χ2n) is 11.7. The average Bonchev–Trinajstić information content (AvgIpc) is 3.56. The minimum Gasteiger partial charge on any atom is -0.478 e. The number of benzene rings is 3. The molecule has 8 nitrogen and oxygen atoms in total. The summed E-state index contributed by atoms with van der Waals surface area (Å²) in [6.45, 7) is 4.40. The molecule has 0 saturated carbocycles. The van der Waals surface area contributed by atoms with E-state index in [1.807, 2.05) is 19.9 Å². The molecule has 0 aliphatic carbocycles. The molecule has 6 rings (SSSR count). The van der Waals surface area contributed by atoms with Gasteiger partial charge < -0.3 is 19.1 Å². The number of aromatic carboxylic acids is 1. The van der Waals surface area contributed by atoms with Crippen molar-refractivity contribution in [1.82, 2.24) is 14.5 Å². The topological polar surface area (TPSA) is 110 Å². The van der Waals surface area contributed by atoms with E-state index in [1.54, 1.807) is 28.8 Å². The minimum absolute atomic E-state index is 0.0699. The summed E-state index contributed by atoms with van der Waals surface area (Å²) in [6.07, 6.45) is -0.248. The largest absolute Gasteiger partial charge is 0.478 e. The van der Waals surface area contributed by atoms with Crippen molar-refractivity contribution >= 4 is 17.0 Å². The number of pyridine rings is 1. The minimum atomic E-state index is -1.32. The first-order valence-electron chi connectivity index (χ1n) is 14.2. The summed E-state index contributed by atoms with van der Waals surface area (Å²) in [5.74, 6) is -4.85. The number of nitriles is 1. The number of rotatable bonds is 8. The predicted octanol–water partition coefficient (Wildman–Crippen LogP) is 6.99. The van der Waals surface area contributed by atoms with Crippen LogP contribution in [-0.2, 0) is 17.8 Å². The molecule has 5 aromatic rings. The van der Waals surface area contributed by atoms with Crippen LogP contribution in [0.1, 0.15) is 52.8 Å². The maximum atomic E-state index is 15.6. The van der Waals surface area contributed by atoms with Crippen molar-refractivity contribution in [1.29, 1.82) is 5.26 Å². The van der Waals surface area contributed by atoms with E-state index in [2.05, 4.69) is 9.97 Å². The molecule has 0 spiro atoms. The molecule has 1 aliphatic heterocycles. The monoisotopic (exact) mass is 630 g/mol. The Bertz CT molecular complexity index is 2040. The number of carbonyl (C=O) groups is 1. The highest BCUT2D eigenvalue weighted by Crippen LogP contribution is 2.41. The Balaban J connectivity index is 1.34. The molecule has 1 atom stereocenters. The number of carboxylic acids is 1. The van der Waals surface area contributed by atoms with Crippen molar-refractivity contribution in [2.24, 2.45) is 5.41 Å². The lowest BCUT2D eigenvalue weighted by Crippen LogP contribution is -2.27. The normalized spacial score (nSPS) is 15.6. The summed E-state index contributed by atoms with van der Waals surface area (Å²) >= 11 is 0. The van der Waals surface area contributed by atoms with Crippen LogP contribution in [-0.4, -0.2) is 38.8 Å². The standard InChI is InChI=1S/C34H26F4N4O4/c1-34(2)17-45-16-29(34)42-28-11-21(33(43)44)10-26(38)31(28)41-30(42)12-20-9-25(37)22(13-24(20)36)27-8-7-23(35)32(40-27)46-15-19-5-3-18(14-39)4-6-19/h3-11,13,29H,12,15-17H2,1-2H3,(H,43,44)/t29-/m1/s1. The van der Waals surface area contributed by atoms with Gasteiger partial charge in [-0.15, -0.1) is 0 Å². The molecule has 1 fully saturated rings.